The Hall–Kier alpha value is -1.71. The highest BCUT2D eigenvalue weighted by atomic mass is 16.5. The van der Waals surface area contributed by atoms with E-state index in [9.17, 15) is 4.79 Å². The fourth-order valence-corrected chi connectivity index (χ4v) is 1.51. The van der Waals surface area contributed by atoms with E-state index in [1.165, 1.54) is 0 Å². The maximum absolute atomic E-state index is 11.5. The number of anilines is 1. The number of hydrogen-bond donors (Lipinski definition) is 2. The van der Waals surface area contributed by atoms with E-state index < -0.39 is 0 Å². The van der Waals surface area contributed by atoms with Gasteiger partial charge in [-0.3, -0.25) is 4.79 Å². The highest BCUT2D eigenvalue weighted by Gasteiger charge is 2.01. The van der Waals surface area contributed by atoms with E-state index in [1.807, 2.05) is 31.2 Å². The van der Waals surface area contributed by atoms with Crippen LogP contribution < -0.4 is 15.4 Å². The molecule has 0 bridgehead atoms. The van der Waals surface area contributed by atoms with Crippen molar-refractivity contribution in [3.05, 3.63) is 24.3 Å². The molecule has 100 valence electrons. The van der Waals surface area contributed by atoms with Crippen LogP contribution in [0.4, 0.5) is 5.69 Å². The van der Waals surface area contributed by atoms with E-state index >= 15 is 0 Å². The van der Waals surface area contributed by atoms with Crippen LogP contribution in [0, 0.1) is 0 Å². The molecule has 1 rings (SSSR count). The van der Waals surface area contributed by atoms with E-state index in [1.54, 1.807) is 0 Å². The number of benzene rings is 1. The van der Waals surface area contributed by atoms with Gasteiger partial charge in [0.05, 0.1) is 13.2 Å². The first kappa shape index (κ1) is 14.4. The first-order chi connectivity index (χ1) is 8.76. The second-order valence-corrected chi connectivity index (χ2v) is 4.02. The van der Waals surface area contributed by atoms with Crippen LogP contribution >= 0.6 is 0 Å². The monoisotopic (exact) mass is 250 g/mol. The number of unbranched alkanes of at least 4 members (excludes halogenated alkanes) is 1. The predicted octanol–water partition coefficient (Wildman–Crippen LogP) is 2.41. The molecule has 1 aromatic rings. The van der Waals surface area contributed by atoms with Gasteiger partial charge in [0.15, 0.2) is 0 Å². The predicted molar refractivity (Wildman–Crippen MR) is 74.0 cm³/mol. The van der Waals surface area contributed by atoms with Crippen LogP contribution in [0.1, 0.15) is 26.7 Å². The van der Waals surface area contributed by atoms with Gasteiger partial charge in [-0.2, -0.15) is 0 Å². The zero-order valence-electron chi connectivity index (χ0n) is 11.2. The van der Waals surface area contributed by atoms with E-state index in [2.05, 4.69) is 17.6 Å². The number of carbonyl (C=O) groups excluding carboxylic acids is 1. The third kappa shape index (κ3) is 5.57. The minimum atomic E-state index is 0.0188. The summed E-state index contributed by atoms with van der Waals surface area (Å²) in [5.74, 6) is 0.833. The van der Waals surface area contributed by atoms with E-state index in [0.29, 0.717) is 13.2 Å². The third-order valence-electron chi connectivity index (χ3n) is 2.45. The first-order valence-corrected chi connectivity index (χ1v) is 6.49. The smallest absolute Gasteiger partial charge is 0.239 e. The van der Waals surface area contributed by atoms with Gasteiger partial charge in [-0.25, -0.2) is 0 Å². The molecule has 4 nitrogen and oxygen atoms in total. The van der Waals surface area contributed by atoms with Gasteiger partial charge in [-0.05, 0) is 25.5 Å². The summed E-state index contributed by atoms with van der Waals surface area (Å²) in [4.78, 5) is 11.5. The normalized spacial score (nSPS) is 9.89. The van der Waals surface area contributed by atoms with Gasteiger partial charge in [0.1, 0.15) is 5.75 Å². The van der Waals surface area contributed by atoms with Gasteiger partial charge in [0.2, 0.25) is 5.91 Å². The Labute approximate surface area is 109 Å². The topological polar surface area (TPSA) is 50.4 Å². The zero-order chi connectivity index (χ0) is 13.2. The van der Waals surface area contributed by atoms with Crippen molar-refractivity contribution in [2.45, 2.75) is 26.7 Å². The lowest BCUT2D eigenvalue weighted by molar-refractivity contribution is -0.119. The van der Waals surface area contributed by atoms with Gasteiger partial charge < -0.3 is 15.4 Å². The zero-order valence-corrected chi connectivity index (χ0v) is 11.2. The molecule has 0 saturated heterocycles. The second kappa shape index (κ2) is 8.39. The summed E-state index contributed by atoms with van der Waals surface area (Å²) in [7, 11) is 0. The van der Waals surface area contributed by atoms with Gasteiger partial charge in [-0.15, -0.1) is 0 Å². The van der Waals surface area contributed by atoms with Crippen molar-refractivity contribution in [2.75, 3.05) is 25.0 Å². The van der Waals surface area contributed by atoms with Gasteiger partial charge >= 0.3 is 0 Å². The quantitative estimate of drug-likeness (QED) is 0.697. The molecule has 0 spiro atoms. The Bertz CT molecular complexity index is 367. The molecule has 18 heavy (non-hydrogen) atoms. The van der Waals surface area contributed by atoms with Crippen LogP contribution in [0.25, 0.3) is 0 Å². The van der Waals surface area contributed by atoms with Gasteiger partial charge in [-0.1, -0.05) is 19.4 Å². The Balaban J connectivity index is 2.33. The Kier molecular flexibility index (Phi) is 6.69. The molecule has 0 aliphatic carbocycles. The van der Waals surface area contributed by atoms with Crippen molar-refractivity contribution < 1.29 is 9.53 Å². The van der Waals surface area contributed by atoms with Crippen molar-refractivity contribution in [3.8, 4) is 5.75 Å². The summed E-state index contributed by atoms with van der Waals surface area (Å²) in [6.07, 6.45) is 2.11. The number of rotatable bonds is 8. The molecule has 0 unspecified atom stereocenters. The van der Waals surface area contributed by atoms with Gasteiger partial charge in [0.25, 0.3) is 0 Å². The summed E-state index contributed by atoms with van der Waals surface area (Å²) < 4.78 is 5.39. The lowest BCUT2D eigenvalue weighted by Gasteiger charge is -2.09. The third-order valence-corrected chi connectivity index (χ3v) is 2.45. The highest BCUT2D eigenvalue weighted by molar-refractivity contribution is 5.80. The van der Waals surface area contributed by atoms with E-state index in [-0.39, 0.29) is 5.91 Å². The number of carbonyl (C=O) groups is 1. The molecule has 0 atom stereocenters. The van der Waals surface area contributed by atoms with Crippen LogP contribution in [-0.2, 0) is 4.79 Å². The molecule has 0 saturated carbocycles. The van der Waals surface area contributed by atoms with Crippen LogP contribution in [-0.4, -0.2) is 25.6 Å². The van der Waals surface area contributed by atoms with Crippen LogP contribution in [0.5, 0.6) is 5.75 Å². The Morgan fingerprint density at radius 1 is 1.33 bits per heavy atom. The maximum Gasteiger partial charge on any atom is 0.239 e. The van der Waals surface area contributed by atoms with Crippen molar-refractivity contribution in [3.63, 3.8) is 0 Å². The van der Waals surface area contributed by atoms with E-state index in [4.69, 9.17) is 4.74 Å². The van der Waals surface area contributed by atoms with Gasteiger partial charge in [0, 0.05) is 18.3 Å². The molecule has 4 heteroatoms. The lowest BCUT2D eigenvalue weighted by atomic mass is 10.3. The standard InChI is InChI=1S/C14H22N2O2/c1-3-5-9-15-14(17)11-16-12-7-6-8-13(10-12)18-4-2/h6-8,10,16H,3-5,9,11H2,1-2H3,(H,15,17). The summed E-state index contributed by atoms with van der Waals surface area (Å²) in [6, 6.07) is 7.61. The van der Waals surface area contributed by atoms with Crippen molar-refractivity contribution in [1.82, 2.24) is 5.32 Å². The molecule has 2 N–H and O–H groups in total. The van der Waals surface area contributed by atoms with Crippen LogP contribution in [0.15, 0.2) is 24.3 Å². The lowest BCUT2D eigenvalue weighted by Crippen LogP contribution is -2.30. The molecule has 0 aromatic heterocycles. The molecule has 0 fully saturated rings. The fourth-order valence-electron chi connectivity index (χ4n) is 1.51. The average Bonchev–Trinajstić information content (AvgIpc) is 2.38. The first-order valence-electron chi connectivity index (χ1n) is 6.49. The summed E-state index contributed by atoms with van der Waals surface area (Å²) in [5.41, 5.74) is 0.895. The number of hydrogen-bond acceptors (Lipinski definition) is 3. The molecule has 0 aliphatic heterocycles. The Morgan fingerprint density at radius 2 is 2.17 bits per heavy atom. The molecule has 1 amide bonds. The SMILES string of the molecule is CCCCNC(=O)CNc1cccc(OCC)c1. The van der Waals surface area contributed by atoms with Crippen molar-refractivity contribution in [2.24, 2.45) is 0 Å². The minimum Gasteiger partial charge on any atom is -0.494 e. The largest absolute Gasteiger partial charge is 0.494 e. The molecule has 1 aromatic carbocycles. The molecular weight excluding hydrogens is 228 g/mol. The molecule has 0 heterocycles. The van der Waals surface area contributed by atoms with E-state index in [0.717, 1.165) is 30.8 Å². The van der Waals surface area contributed by atoms with Crippen molar-refractivity contribution in [1.29, 1.82) is 0 Å². The summed E-state index contributed by atoms with van der Waals surface area (Å²) >= 11 is 0. The Morgan fingerprint density at radius 3 is 2.89 bits per heavy atom. The fraction of sp³-hybridized carbons (Fsp3) is 0.500. The molecule has 0 aliphatic rings. The molecule has 0 radical (unpaired) electrons. The minimum absolute atomic E-state index is 0.0188. The van der Waals surface area contributed by atoms with Crippen LogP contribution in [0.3, 0.4) is 0 Å². The highest BCUT2D eigenvalue weighted by Crippen LogP contribution is 2.16. The van der Waals surface area contributed by atoms with Crippen LogP contribution in [0.2, 0.25) is 0 Å². The maximum atomic E-state index is 11.5. The second-order valence-electron chi connectivity index (χ2n) is 4.02. The number of nitrogens with one attached hydrogen (secondary N) is 2. The summed E-state index contributed by atoms with van der Waals surface area (Å²) in [5, 5.41) is 5.94. The molecular formula is C14H22N2O2. The summed E-state index contributed by atoms with van der Waals surface area (Å²) in [6.45, 7) is 5.72. The number of ether oxygens (including phenoxy) is 1. The average molecular weight is 250 g/mol. The van der Waals surface area contributed by atoms with Crippen molar-refractivity contribution >= 4 is 11.6 Å². The number of amides is 1.